The molecule has 3 rings (SSSR count). The summed E-state index contributed by atoms with van der Waals surface area (Å²) in [6.07, 6.45) is 2.83. The molecular formula is C13H20BrN3S. The van der Waals surface area contributed by atoms with Gasteiger partial charge >= 0.3 is 0 Å². The minimum atomic E-state index is 0.405. The number of nitrogens with two attached hydrogens (primary N) is 1. The fraction of sp³-hybridized carbons (Fsp3) is 0.692. The SMILES string of the molecule is NCC(c1cc(Br)cs1)N1CCN(C2CC2)CC1. The van der Waals surface area contributed by atoms with E-state index in [9.17, 15) is 0 Å². The van der Waals surface area contributed by atoms with Gasteiger partial charge in [0.05, 0.1) is 6.04 Å². The van der Waals surface area contributed by atoms with E-state index < -0.39 is 0 Å². The van der Waals surface area contributed by atoms with Crippen molar-refractivity contribution in [2.75, 3.05) is 32.7 Å². The van der Waals surface area contributed by atoms with Crippen LogP contribution in [0.1, 0.15) is 23.8 Å². The molecule has 100 valence electrons. The van der Waals surface area contributed by atoms with Gasteiger partial charge in [-0.25, -0.2) is 0 Å². The second-order valence-electron chi connectivity index (χ2n) is 5.22. The predicted molar refractivity (Wildman–Crippen MR) is 80.0 cm³/mol. The van der Waals surface area contributed by atoms with Crippen molar-refractivity contribution < 1.29 is 0 Å². The van der Waals surface area contributed by atoms with Crippen LogP contribution >= 0.6 is 27.3 Å². The molecule has 0 aromatic carbocycles. The Hall–Kier alpha value is 0.0600. The minimum Gasteiger partial charge on any atom is -0.329 e. The highest BCUT2D eigenvalue weighted by Crippen LogP contribution is 2.32. The highest BCUT2D eigenvalue weighted by Gasteiger charge is 2.33. The molecule has 0 amide bonds. The first kappa shape index (κ1) is 13.1. The molecule has 1 saturated carbocycles. The summed E-state index contributed by atoms with van der Waals surface area (Å²) in [5.74, 6) is 0. The van der Waals surface area contributed by atoms with Crippen LogP contribution < -0.4 is 5.73 Å². The molecule has 2 N–H and O–H groups in total. The number of piperazine rings is 1. The van der Waals surface area contributed by atoms with Crippen LogP contribution in [0.2, 0.25) is 0 Å². The third-order valence-electron chi connectivity index (χ3n) is 3.99. The highest BCUT2D eigenvalue weighted by atomic mass is 79.9. The summed E-state index contributed by atoms with van der Waals surface area (Å²) >= 11 is 5.35. The van der Waals surface area contributed by atoms with Crippen molar-refractivity contribution in [1.82, 2.24) is 9.80 Å². The van der Waals surface area contributed by atoms with Gasteiger partial charge in [-0.2, -0.15) is 0 Å². The molecule has 2 aliphatic rings. The van der Waals surface area contributed by atoms with Gasteiger partial charge in [-0.1, -0.05) is 0 Å². The molecule has 3 nitrogen and oxygen atoms in total. The van der Waals surface area contributed by atoms with Crippen molar-refractivity contribution in [3.05, 3.63) is 20.8 Å². The van der Waals surface area contributed by atoms with Crippen LogP contribution in [-0.2, 0) is 0 Å². The molecule has 1 unspecified atom stereocenters. The number of halogens is 1. The molecule has 0 spiro atoms. The van der Waals surface area contributed by atoms with Crippen LogP contribution in [0.5, 0.6) is 0 Å². The van der Waals surface area contributed by atoms with Crippen LogP contribution in [0.4, 0.5) is 0 Å². The molecule has 5 heteroatoms. The Morgan fingerprint density at radius 1 is 1.33 bits per heavy atom. The van der Waals surface area contributed by atoms with E-state index in [0.29, 0.717) is 6.04 Å². The summed E-state index contributed by atoms with van der Waals surface area (Å²) in [5.41, 5.74) is 5.99. The molecular weight excluding hydrogens is 310 g/mol. The van der Waals surface area contributed by atoms with Gasteiger partial charge < -0.3 is 5.73 Å². The van der Waals surface area contributed by atoms with Crippen molar-refractivity contribution in [1.29, 1.82) is 0 Å². The van der Waals surface area contributed by atoms with Gasteiger partial charge in [0.25, 0.3) is 0 Å². The van der Waals surface area contributed by atoms with Gasteiger partial charge in [0.1, 0.15) is 0 Å². The third kappa shape index (κ3) is 2.80. The number of hydrogen-bond acceptors (Lipinski definition) is 4. The Bertz CT molecular complexity index is 397. The third-order valence-corrected chi connectivity index (χ3v) is 5.79. The maximum absolute atomic E-state index is 5.99. The van der Waals surface area contributed by atoms with Gasteiger partial charge in [-0.3, -0.25) is 9.80 Å². The Morgan fingerprint density at radius 3 is 2.56 bits per heavy atom. The first-order valence-corrected chi connectivity index (χ1v) is 8.37. The van der Waals surface area contributed by atoms with E-state index in [2.05, 4.69) is 37.2 Å². The molecule has 1 aromatic heterocycles. The second-order valence-corrected chi connectivity index (χ2v) is 7.08. The van der Waals surface area contributed by atoms with Gasteiger partial charge in [0, 0.05) is 53.5 Å². The van der Waals surface area contributed by atoms with E-state index >= 15 is 0 Å². The summed E-state index contributed by atoms with van der Waals surface area (Å²) < 4.78 is 1.18. The topological polar surface area (TPSA) is 32.5 Å². The molecule has 0 bridgehead atoms. The second kappa shape index (κ2) is 5.59. The molecule has 18 heavy (non-hydrogen) atoms. The van der Waals surface area contributed by atoms with E-state index in [0.717, 1.165) is 25.7 Å². The summed E-state index contributed by atoms with van der Waals surface area (Å²) in [7, 11) is 0. The maximum Gasteiger partial charge on any atom is 0.0565 e. The van der Waals surface area contributed by atoms with Crippen molar-refractivity contribution in [3.8, 4) is 0 Å². The average Bonchev–Trinajstić information content (AvgIpc) is 3.15. The van der Waals surface area contributed by atoms with Gasteiger partial charge in [-0.05, 0) is 34.8 Å². The number of hydrogen-bond donors (Lipinski definition) is 1. The molecule has 2 fully saturated rings. The fourth-order valence-corrected chi connectivity index (χ4v) is 4.39. The average molecular weight is 330 g/mol. The summed E-state index contributed by atoms with van der Waals surface area (Å²) in [6, 6.07) is 3.53. The molecule has 1 aliphatic heterocycles. The van der Waals surface area contributed by atoms with E-state index in [4.69, 9.17) is 5.73 Å². The van der Waals surface area contributed by atoms with E-state index in [1.807, 2.05) is 11.3 Å². The quantitative estimate of drug-likeness (QED) is 0.919. The summed E-state index contributed by atoms with van der Waals surface area (Å²) in [5, 5.41) is 2.15. The minimum absolute atomic E-state index is 0.405. The number of thiophene rings is 1. The lowest BCUT2D eigenvalue weighted by Gasteiger charge is -2.38. The Balaban J connectivity index is 1.62. The zero-order valence-corrected chi connectivity index (χ0v) is 12.9. The predicted octanol–water partition coefficient (Wildman–Crippen LogP) is 2.29. The van der Waals surface area contributed by atoms with E-state index in [-0.39, 0.29) is 0 Å². The monoisotopic (exact) mass is 329 g/mol. The molecule has 1 atom stereocenters. The van der Waals surface area contributed by atoms with Crippen molar-refractivity contribution in [2.24, 2.45) is 5.73 Å². The van der Waals surface area contributed by atoms with Crippen LogP contribution in [0.25, 0.3) is 0 Å². The first-order chi connectivity index (χ1) is 8.78. The molecule has 1 aliphatic carbocycles. The number of rotatable bonds is 4. The van der Waals surface area contributed by atoms with E-state index in [1.54, 1.807) is 0 Å². The normalized spacial score (nSPS) is 24.3. The smallest absolute Gasteiger partial charge is 0.0565 e. The van der Waals surface area contributed by atoms with Crippen LogP contribution in [0.3, 0.4) is 0 Å². The Kier molecular flexibility index (Phi) is 4.06. The van der Waals surface area contributed by atoms with Crippen LogP contribution in [0, 0.1) is 0 Å². The highest BCUT2D eigenvalue weighted by molar-refractivity contribution is 9.10. The van der Waals surface area contributed by atoms with Gasteiger partial charge in [-0.15, -0.1) is 11.3 Å². The van der Waals surface area contributed by atoms with Gasteiger partial charge in [0.15, 0.2) is 0 Å². The summed E-state index contributed by atoms with van der Waals surface area (Å²) in [4.78, 5) is 6.59. The molecule has 1 aromatic rings. The van der Waals surface area contributed by atoms with Crippen LogP contribution in [0.15, 0.2) is 15.9 Å². The zero-order valence-electron chi connectivity index (χ0n) is 10.5. The standard InChI is InChI=1S/C13H20BrN3S/c14-10-7-13(18-9-10)12(8-15)17-5-3-16(4-6-17)11-1-2-11/h7,9,11-12H,1-6,8,15H2. The molecule has 2 heterocycles. The lowest BCUT2D eigenvalue weighted by Crippen LogP contribution is -2.49. The lowest BCUT2D eigenvalue weighted by molar-refractivity contribution is 0.0950. The fourth-order valence-electron chi connectivity index (χ4n) is 2.80. The van der Waals surface area contributed by atoms with Crippen molar-refractivity contribution >= 4 is 27.3 Å². The molecule has 1 saturated heterocycles. The van der Waals surface area contributed by atoms with Crippen molar-refractivity contribution in [2.45, 2.75) is 24.9 Å². The van der Waals surface area contributed by atoms with Gasteiger partial charge in [0.2, 0.25) is 0 Å². The Labute approximate surface area is 121 Å². The Morgan fingerprint density at radius 2 is 2.06 bits per heavy atom. The maximum atomic E-state index is 5.99. The largest absolute Gasteiger partial charge is 0.329 e. The van der Waals surface area contributed by atoms with E-state index in [1.165, 1.54) is 35.3 Å². The zero-order chi connectivity index (χ0) is 12.5. The van der Waals surface area contributed by atoms with Crippen LogP contribution in [-0.4, -0.2) is 48.6 Å². The summed E-state index contributed by atoms with van der Waals surface area (Å²) in [6.45, 7) is 5.47. The molecule has 0 radical (unpaired) electrons. The number of nitrogens with zero attached hydrogens (tertiary/aromatic N) is 2. The first-order valence-electron chi connectivity index (χ1n) is 6.70. The van der Waals surface area contributed by atoms with Crippen molar-refractivity contribution in [3.63, 3.8) is 0 Å². The lowest BCUT2D eigenvalue weighted by atomic mass is 10.1.